The lowest BCUT2D eigenvalue weighted by molar-refractivity contribution is -0.144. The summed E-state index contributed by atoms with van der Waals surface area (Å²) < 4.78 is 0. The van der Waals surface area contributed by atoms with Crippen molar-refractivity contribution in [1.29, 1.82) is 0 Å². The number of likely N-dealkylation sites (tertiary alicyclic amines) is 1. The summed E-state index contributed by atoms with van der Waals surface area (Å²) >= 11 is 0. The van der Waals surface area contributed by atoms with Gasteiger partial charge in [-0.15, -0.1) is 0 Å². The van der Waals surface area contributed by atoms with Crippen molar-refractivity contribution in [3.63, 3.8) is 0 Å². The number of carbonyl (C=O) groups is 1. The maximum Gasteiger partial charge on any atom is 0.166 e. The maximum atomic E-state index is 11.2. The summed E-state index contributed by atoms with van der Waals surface area (Å²) in [6.45, 7) is 4.03. The molecule has 0 saturated carbocycles. The summed E-state index contributed by atoms with van der Waals surface area (Å²) in [6.07, 6.45) is 0.462. The number of Topliss-reactive ketones (excluding diaryl/α,β-unsaturated/α-hetero) is 1. The fourth-order valence-electron chi connectivity index (χ4n) is 1.37. The molecule has 0 unspecified atom stereocenters. The van der Waals surface area contributed by atoms with Crippen LogP contribution in [0.3, 0.4) is 0 Å². The Morgan fingerprint density at radius 1 is 1.73 bits per heavy atom. The van der Waals surface area contributed by atoms with E-state index in [9.17, 15) is 9.90 Å². The molecule has 0 aromatic carbocycles. The quantitative estimate of drug-likeness (QED) is 0.539. The van der Waals surface area contributed by atoms with Crippen LogP contribution in [0.4, 0.5) is 0 Å². The van der Waals surface area contributed by atoms with Crippen LogP contribution in [0.2, 0.25) is 0 Å². The van der Waals surface area contributed by atoms with Crippen LogP contribution in [0.5, 0.6) is 0 Å². The smallest absolute Gasteiger partial charge is 0.166 e. The lowest BCUT2D eigenvalue weighted by Gasteiger charge is -2.37. The summed E-state index contributed by atoms with van der Waals surface area (Å²) in [4.78, 5) is 13.2. The van der Waals surface area contributed by atoms with E-state index in [1.807, 2.05) is 18.9 Å². The number of likely N-dealkylation sites (N-methyl/N-ethyl adjacent to an activating group) is 1. The molecule has 0 amide bonds. The molecule has 0 bridgehead atoms. The number of carbonyl (C=O) groups excluding carboxylic acids is 1. The molecule has 0 spiro atoms. The van der Waals surface area contributed by atoms with Gasteiger partial charge in [-0.2, -0.15) is 0 Å². The Kier molecular flexibility index (Phi) is 2.03. The normalized spacial score (nSPS) is 41.1. The van der Waals surface area contributed by atoms with Gasteiger partial charge >= 0.3 is 0 Å². The average molecular weight is 157 g/mol. The molecular formula is C8H15NO2. The van der Waals surface area contributed by atoms with E-state index in [1.54, 1.807) is 6.92 Å². The number of hydrogen-bond donors (Lipinski definition) is 1. The second-order valence-electron chi connectivity index (χ2n) is 3.67. The molecule has 1 saturated heterocycles. The molecule has 1 rings (SSSR count). The third kappa shape index (κ3) is 1.60. The zero-order valence-electron chi connectivity index (χ0n) is 7.29. The average Bonchev–Trinajstić information content (AvgIpc) is 1.83. The van der Waals surface area contributed by atoms with Crippen LogP contribution < -0.4 is 0 Å². The zero-order chi connectivity index (χ0) is 8.65. The third-order valence-corrected chi connectivity index (χ3v) is 2.39. The van der Waals surface area contributed by atoms with Gasteiger partial charge in [0.2, 0.25) is 0 Å². The molecule has 0 aromatic heterocycles. The van der Waals surface area contributed by atoms with Gasteiger partial charge in [-0.3, -0.25) is 9.69 Å². The highest BCUT2D eigenvalue weighted by Crippen LogP contribution is 2.19. The van der Waals surface area contributed by atoms with E-state index in [0.717, 1.165) is 0 Å². The largest absolute Gasteiger partial charge is 0.381 e. The predicted molar refractivity (Wildman–Crippen MR) is 42.3 cm³/mol. The van der Waals surface area contributed by atoms with Gasteiger partial charge in [0.15, 0.2) is 5.78 Å². The molecule has 11 heavy (non-hydrogen) atoms. The summed E-state index contributed by atoms with van der Waals surface area (Å²) in [7, 11) is 1.92. The molecule has 0 aromatic rings. The topological polar surface area (TPSA) is 40.5 Å². The van der Waals surface area contributed by atoms with E-state index in [0.29, 0.717) is 13.0 Å². The standard InChI is InChI=1S/C8H15NO2/c1-6-4-7(10)8(2,11)5-9(6)3/h6,11H,4-5H2,1-3H3/t6-,8+/m1/s1. The van der Waals surface area contributed by atoms with Crippen molar-refractivity contribution in [2.75, 3.05) is 13.6 Å². The van der Waals surface area contributed by atoms with Crippen molar-refractivity contribution >= 4 is 5.78 Å². The summed E-state index contributed by atoms with van der Waals surface area (Å²) in [5.41, 5.74) is -1.12. The van der Waals surface area contributed by atoms with Gasteiger partial charge in [0.05, 0.1) is 0 Å². The van der Waals surface area contributed by atoms with E-state index >= 15 is 0 Å². The minimum atomic E-state index is -1.12. The van der Waals surface area contributed by atoms with Crippen LogP contribution in [0.25, 0.3) is 0 Å². The van der Waals surface area contributed by atoms with Crippen LogP contribution in [0.15, 0.2) is 0 Å². The molecule has 2 atom stereocenters. The number of hydrogen-bond acceptors (Lipinski definition) is 3. The Labute approximate surface area is 67.0 Å². The van der Waals surface area contributed by atoms with Gasteiger partial charge in [0.1, 0.15) is 5.60 Å². The molecule has 3 heteroatoms. The molecule has 3 nitrogen and oxygen atoms in total. The predicted octanol–water partition coefficient (Wildman–Crippen LogP) is 0.0305. The van der Waals surface area contributed by atoms with Gasteiger partial charge in [-0.25, -0.2) is 0 Å². The van der Waals surface area contributed by atoms with E-state index in [1.165, 1.54) is 0 Å². The number of rotatable bonds is 0. The molecule has 0 aliphatic carbocycles. The fourth-order valence-corrected chi connectivity index (χ4v) is 1.37. The monoisotopic (exact) mass is 157 g/mol. The van der Waals surface area contributed by atoms with E-state index < -0.39 is 5.60 Å². The van der Waals surface area contributed by atoms with Gasteiger partial charge in [0.25, 0.3) is 0 Å². The van der Waals surface area contributed by atoms with Crippen molar-refractivity contribution in [2.45, 2.75) is 31.9 Å². The van der Waals surface area contributed by atoms with Crippen LogP contribution in [-0.2, 0) is 4.79 Å². The van der Waals surface area contributed by atoms with E-state index in [4.69, 9.17) is 0 Å². The highest BCUT2D eigenvalue weighted by molar-refractivity contribution is 5.88. The van der Waals surface area contributed by atoms with Crippen LogP contribution >= 0.6 is 0 Å². The zero-order valence-corrected chi connectivity index (χ0v) is 7.29. The van der Waals surface area contributed by atoms with Gasteiger partial charge in [-0.1, -0.05) is 0 Å². The number of β-amino-alcohol motifs (C(OH)–C–C–N with tert-alkyl or cyclic N) is 1. The minimum Gasteiger partial charge on any atom is -0.381 e. The first-order valence-electron chi connectivity index (χ1n) is 3.89. The van der Waals surface area contributed by atoms with Crippen LogP contribution in [0, 0.1) is 0 Å². The molecule has 1 N–H and O–H groups in total. The van der Waals surface area contributed by atoms with Crippen molar-refractivity contribution in [3.05, 3.63) is 0 Å². The first-order chi connectivity index (χ1) is 4.93. The Morgan fingerprint density at radius 2 is 2.27 bits per heavy atom. The first kappa shape index (κ1) is 8.68. The lowest BCUT2D eigenvalue weighted by Crippen LogP contribution is -2.54. The highest BCUT2D eigenvalue weighted by atomic mass is 16.3. The maximum absolute atomic E-state index is 11.2. The van der Waals surface area contributed by atoms with E-state index in [-0.39, 0.29) is 11.8 Å². The fraction of sp³-hybridized carbons (Fsp3) is 0.875. The third-order valence-electron chi connectivity index (χ3n) is 2.39. The van der Waals surface area contributed by atoms with Gasteiger partial charge < -0.3 is 5.11 Å². The van der Waals surface area contributed by atoms with Crippen molar-refractivity contribution in [2.24, 2.45) is 0 Å². The molecule has 1 aliphatic rings. The van der Waals surface area contributed by atoms with Crippen molar-refractivity contribution in [1.82, 2.24) is 4.90 Å². The highest BCUT2D eigenvalue weighted by Gasteiger charge is 2.37. The molecule has 0 radical (unpaired) electrons. The van der Waals surface area contributed by atoms with Gasteiger partial charge in [-0.05, 0) is 20.9 Å². The molecule has 1 fully saturated rings. The Bertz CT molecular complexity index is 177. The summed E-state index contributed by atoms with van der Waals surface area (Å²) in [5.74, 6) is -0.0388. The van der Waals surface area contributed by atoms with Crippen LogP contribution in [-0.4, -0.2) is 41.0 Å². The lowest BCUT2D eigenvalue weighted by atomic mass is 9.90. The Morgan fingerprint density at radius 3 is 2.73 bits per heavy atom. The van der Waals surface area contributed by atoms with E-state index in [2.05, 4.69) is 0 Å². The molecule has 1 aliphatic heterocycles. The van der Waals surface area contributed by atoms with Gasteiger partial charge in [0, 0.05) is 19.0 Å². The second kappa shape index (κ2) is 2.57. The number of ketones is 1. The molecule has 64 valence electrons. The summed E-state index contributed by atoms with van der Waals surface area (Å²) in [5, 5.41) is 9.54. The molecular weight excluding hydrogens is 142 g/mol. The van der Waals surface area contributed by atoms with Crippen LogP contribution in [0.1, 0.15) is 20.3 Å². The Hall–Kier alpha value is -0.410. The first-order valence-corrected chi connectivity index (χ1v) is 3.89. The number of aliphatic hydroxyl groups is 1. The molecule has 1 heterocycles. The SMILES string of the molecule is C[C@@H]1CC(=O)[C@@](C)(O)CN1C. The Balaban J connectivity index is 2.71. The van der Waals surface area contributed by atoms with Crippen molar-refractivity contribution in [3.8, 4) is 0 Å². The number of piperidine rings is 1. The number of nitrogens with zero attached hydrogens (tertiary/aromatic N) is 1. The summed E-state index contributed by atoms with van der Waals surface area (Å²) in [6, 6.07) is 0.266. The minimum absolute atomic E-state index is 0.0388. The second-order valence-corrected chi connectivity index (χ2v) is 3.67. The van der Waals surface area contributed by atoms with Crippen molar-refractivity contribution < 1.29 is 9.90 Å².